The Morgan fingerprint density at radius 1 is 1.33 bits per heavy atom. The fraction of sp³-hybridized carbons (Fsp3) is 0.500. The quantitative estimate of drug-likeness (QED) is 0.741. The van der Waals surface area contributed by atoms with Crippen LogP contribution in [0.25, 0.3) is 0 Å². The average Bonchev–Trinajstić information content (AvgIpc) is 2.82. The predicted molar refractivity (Wildman–Crippen MR) is 54.3 cm³/mol. The predicted octanol–water partition coefficient (Wildman–Crippen LogP) is 3.73. The van der Waals surface area contributed by atoms with Crippen molar-refractivity contribution in [2.45, 2.75) is 38.2 Å². The van der Waals surface area contributed by atoms with Gasteiger partial charge in [0.05, 0.1) is 0 Å². The summed E-state index contributed by atoms with van der Waals surface area (Å²) in [6, 6.07) is 7.00. The summed E-state index contributed by atoms with van der Waals surface area (Å²) in [5, 5.41) is 0. The second-order valence-electron chi connectivity index (χ2n) is 4.50. The van der Waals surface area contributed by atoms with Crippen LogP contribution in [0.4, 0.5) is 8.78 Å². The smallest absolute Gasteiger partial charge is 0.394 e. The van der Waals surface area contributed by atoms with Gasteiger partial charge in [-0.3, -0.25) is 0 Å². The first-order valence-corrected chi connectivity index (χ1v) is 5.06. The van der Waals surface area contributed by atoms with Crippen LogP contribution >= 0.6 is 0 Å². The maximum Gasteiger partial charge on any atom is 0.394 e. The topological polar surface area (TPSA) is 9.23 Å². The molecule has 0 radical (unpaired) electrons. The Bertz CT molecular complexity index is 364. The minimum atomic E-state index is -3.11. The molecule has 2 rings (SSSR count). The van der Waals surface area contributed by atoms with Gasteiger partial charge in [0, 0.05) is 6.92 Å². The van der Waals surface area contributed by atoms with Crippen LogP contribution in [0, 0.1) is 0 Å². The summed E-state index contributed by atoms with van der Waals surface area (Å²) < 4.78 is 29.8. The van der Waals surface area contributed by atoms with E-state index in [4.69, 9.17) is 0 Å². The van der Waals surface area contributed by atoms with Crippen LogP contribution in [-0.2, 0) is 5.41 Å². The van der Waals surface area contributed by atoms with Crippen molar-refractivity contribution in [1.82, 2.24) is 0 Å². The van der Waals surface area contributed by atoms with Crippen molar-refractivity contribution in [2.24, 2.45) is 0 Å². The van der Waals surface area contributed by atoms with Crippen molar-refractivity contribution in [1.29, 1.82) is 0 Å². The molecule has 15 heavy (non-hydrogen) atoms. The lowest BCUT2D eigenvalue weighted by Gasteiger charge is -2.15. The lowest BCUT2D eigenvalue weighted by molar-refractivity contribution is -0.159. The van der Waals surface area contributed by atoms with E-state index in [0.717, 1.165) is 25.3 Å². The van der Waals surface area contributed by atoms with Crippen LogP contribution in [0.15, 0.2) is 24.3 Å². The van der Waals surface area contributed by atoms with Gasteiger partial charge in [-0.25, -0.2) is 0 Å². The van der Waals surface area contributed by atoms with Gasteiger partial charge >= 0.3 is 6.11 Å². The molecule has 0 spiro atoms. The van der Waals surface area contributed by atoms with E-state index in [-0.39, 0.29) is 11.2 Å². The van der Waals surface area contributed by atoms with E-state index in [1.807, 2.05) is 6.07 Å². The molecule has 0 atom stereocenters. The normalized spacial score (nSPS) is 18.7. The molecule has 0 heterocycles. The van der Waals surface area contributed by atoms with E-state index in [0.29, 0.717) is 0 Å². The van der Waals surface area contributed by atoms with Gasteiger partial charge in [0.1, 0.15) is 5.75 Å². The fourth-order valence-corrected chi connectivity index (χ4v) is 1.62. The molecule has 1 aromatic carbocycles. The van der Waals surface area contributed by atoms with E-state index >= 15 is 0 Å². The maximum absolute atomic E-state index is 12.6. The van der Waals surface area contributed by atoms with E-state index in [2.05, 4.69) is 11.7 Å². The molecule has 0 saturated heterocycles. The fourth-order valence-electron chi connectivity index (χ4n) is 1.62. The summed E-state index contributed by atoms with van der Waals surface area (Å²) in [6.07, 6.45) is -0.860. The molecule has 0 unspecified atom stereocenters. The van der Waals surface area contributed by atoms with Gasteiger partial charge in [0.2, 0.25) is 0 Å². The van der Waals surface area contributed by atoms with Crippen molar-refractivity contribution >= 4 is 0 Å². The highest BCUT2D eigenvalue weighted by Gasteiger charge is 2.39. The third kappa shape index (κ3) is 2.46. The number of alkyl halides is 2. The van der Waals surface area contributed by atoms with Gasteiger partial charge in [0.15, 0.2) is 0 Å². The molecule has 0 aliphatic heterocycles. The first kappa shape index (κ1) is 10.4. The highest BCUT2D eigenvalue weighted by Crippen LogP contribution is 2.48. The van der Waals surface area contributed by atoms with Crippen LogP contribution in [-0.4, -0.2) is 6.11 Å². The molecule has 1 aliphatic carbocycles. The van der Waals surface area contributed by atoms with Gasteiger partial charge < -0.3 is 4.74 Å². The van der Waals surface area contributed by atoms with Crippen LogP contribution in [0.2, 0.25) is 0 Å². The molecule has 0 amide bonds. The molecule has 3 heteroatoms. The Hall–Kier alpha value is -1.12. The Kier molecular flexibility index (Phi) is 2.21. The molecule has 82 valence electrons. The zero-order chi connectivity index (χ0) is 11.1. The van der Waals surface area contributed by atoms with Crippen molar-refractivity contribution in [3.05, 3.63) is 29.8 Å². The standard InChI is InChI=1S/C12H14F2O/c1-11(6-7-11)9-4-3-5-10(8-9)15-12(2,13)14/h3-5,8H,6-7H2,1-2H3. The third-order valence-electron chi connectivity index (χ3n) is 2.83. The van der Waals surface area contributed by atoms with Crippen LogP contribution in [0.5, 0.6) is 5.75 Å². The summed E-state index contributed by atoms with van der Waals surface area (Å²) in [5.74, 6) is 0.244. The van der Waals surface area contributed by atoms with Gasteiger partial charge in [-0.1, -0.05) is 19.1 Å². The Morgan fingerprint density at radius 3 is 2.53 bits per heavy atom. The number of hydrogen-bond acceptors (Lipinski definition) is 1. The lowest BCUT2D eigenvalue weighted by atomic mass is 9.98. The molecule has 1 nitrogen and oxygen atoms in total. The molecule has 1 aromatic rings. The second-order valence-corrected chi connectivity index (χ2v) is 4.50. The van der Waals surface area contributed by atoms with E-state index in [1.165, 1.54) is 0 Å². The number of ether oxygens (including phenoxy) is 1. The van der Waals surface area contributed by atoms with E-state index in [1.54, 1.807) is 18.2 Å². The Balaban J connectivity index is 2.20. The van der Waals surface area contributed by atoms with Crippen molar-refractivity contribution in [3.63, 3.8) is 0 Å². The zero-order valence-electron chi connectivity index (χ0n) is 8.89. The van der Waals surface area contributed by atoms with Crippen LogP contribution in [0.1, 0.15) is 32.3 Å². The van der Waals surface area contributed by atoms with Gasteiger partial charge in [-0.05, 0) is 36.0 Å². The molecular formula is C12H14F2O. The van der Waals surface area contributed by atoms with Crippen molar-refractivity contribution < 1.29 is 13.5 Å². The second kappa shape index (κ2) is 3.19. The number of halogens is 2. The monoisotopic (exact) mass is 212 g/mol. The number of rotatable bonds is 3. The van der Waals surface area contributed by atoms with E-state index in [9.17, 15) is 8.78 Å². The number of hydrogen-bond donors (Lipinski definition) is 0. The number of benzene rings is 1. The van der Waals surface area contributed by atoms with Gasteiger partial charge in [-0.15, -0.1) is 0 Å². The molecule has 1 fully saturated rings. The lowest BCUT2D eigenvalue weighted by Crippen LogP contribution is -2.19. The molecule has 0 aromatic heterocycles. The summed E-state index contributed by atoms with van der Waals surface area (Å²) in [6.45, 7) is 2.88. The Morgan fingerprint density at radius 2 is 2.00 bits per heavy atom. The summed E-state index contributed by atoms with van der Waals surface area (Å²) in [4.78, 5) is 0. The maximum atomic E-state index is 12.6. The largest absolute Gasteiger partial charge is 0.433 e. The van der Waals surface area contributed by atoms with Crippen molar-refractivity contribution in [2.75, 3.05) is 0 Å². The highest BCUT2D eigenvalue weighted by molar-refractivity contribution is 5.36. The average molecular weight is 212 g/mol. The van der Waals surface area contributed by atoms with Gasteiger partial charge in [-0.2, -0.15) is 8.78 Å². The minimum absolute atomic E-state index is 0.183. The Labute approximate surface area is 88.1 Å². The van der Waals surface area contributed by atoms with E-state index < -0.39 is 6.11 Å². The highest BCUT2D eigenvalue weighted by atomic mass is 19.3. The molecule has 0 bridgehead atoms. The molecule has 0 N–H and O–H groups in total. The van der Waals surface area contributed by atoms with Crippen LogP contribution in [0.3, 0.4) is 0 Å². The zero-order valence-corrected chi connectivity index (χ0v) is 8.89. The third-order valence-corrected chi connectivity index (χ3v) is 2.83. The molecule has 1 aliphatic rings. The summed E-state index contributed by atoms with van der Waals surface area (Å²) in [7, 11) is 0. The summed E-state index contributed by atoms with van der Waals surface area (Å²) in [5.41, 5.74) is 1.27. The first-order valence-electron chi connectivity index (χ1n) is 5.06. The van der Waals surface area contributed by atoms with Crippen molar-refractivity contribution in [3.8, 4) is 5.75 Å². The SMILES string of the molecule is CC(F)(F)Oc1cccc(C2(C)CC2)c1. The van der Waals surface area contributed by atoms with Crippen LogP contribution < -0.4 is 4.74 Å². The molecular weight excluding hydrogens is 198 g/mol. The minimum Gasteiger partial charge on any atom is -0.433 e. The summed E-state index contributed by atoms with van der Waals surface area (Å²) >= 11 is 0. The molecule has 1 saturated carbocycles. The van der Waals surface area contributed by atoms with Gasteiger partial charge in [0.25, 0.3) is 0 Å². The first-order chi connectivity index (χ1) is 6.89.